The highest BCUT2D eigenvalue weighted by molar-refractivity contribution is 7.91. The molecule has 0 bridgehead atoms. The van der Waals surface area contributed by atoms with Crippen LogP contribution < -0.4 is 5.73 Å². The molecule has 1 aliphatic heterocycles. The van der Waals surface area contributed by atoms with Gasteiger partial charge in [0.05, 0.1) is 10.6 Å². The third-order valence-electron chi connectivity index (χ3n) is 2.43. The van der Waals surface area contributed by atoms with Gasteiger partial charge in [0.15, 0.2) is 9.84 Å². The van der Waals surface area contributed by atoms with Crippen molar-refractivity contribution < 1.29 is 14.2 Å². The van der Waals surface area contributed by atoms with E-state index in [1.807, 2.05) is 12.1 Å². The molecule has 0 saturated heterocycles. The monoisotopic (exact) mass is 198 g/mol. The standard InChI is InChI=1S/C9H11NO2S/c10-8-5-6-13(11,12)9-4-2-1-3-7(8)9/h1-4,8H,5-6,10H2/p+1/t8-/m0/s1. The Hall–Kier alpha value is -0.870. The summed E-state index contributed by atoms with van der Waals surface area (Å²) in [7, 11) is -3.01. The molecule has 1 heterocycles. The highest BCUT2D eigenvalue weighted by Gasteiger charge is 2.29. The summed E-state index contributed by atoms with van der Waals surface area (Å²) in [5.41, 5.74) is 4.81. The third kappa shape index (κ3) is 1.36. The predicted molar refractivity (Wildman–Crippen MR) is 48.7 cm³/mol. The zero-order valence-corrected chi connectivity index (χ0v) is 8.05. The molecular weight excluding hydrogens is 186 g/mol. The summed E-state index contributed by atoms with van der Waals surface area (Å²) in [5, 5.41) is 0. The van der Waals surface area contributed by atoms with Gasteiger partial charge in [0.2, 0.25) is 0 Å². The quantitative estimate of drug-likeness (QED) is 0.645. The SMILES string of the molecule is [NH3+][C@H]1CCS(=O)(=O)c2ccccc21. The van der Waals surface area contributed by atoms with Crippen LogP contribution in [-0.4, -0.2) is 14.2 Å². The van der Waals surface area contributed by atoms with Crippen molar-refractivity contribution in [2.75, 3.05) is 5.75 Å². The van der Waals surface area contributed by atoms with Crippen LogP contribution >= 0.6 is 0 Å². The van der Waals surface area contributed by atoms with Crippen LogP contribution in [0.5, 0.6) is 0 Å². The van der Waals surface area contributed by atoms with Crippen LogP contribution in [0.2, 0.25) is 0 Å². The fourth-order valence-electron chi connectivity index (χ4n) is 1.66. The maximum Gasteiger partial charge on any atom is 0.179 e. The summed E-state index contributed by atoms with van der Waals surface area (Å²) in [6.45, 7) is 0. The first-order valence-electron chi connectivity index (χ1n) is 4.26. The van der Waals surface area contributed by atoms with Crippen LogP contribution in [0.1, 0.15) is 18.0 Å². The van der Waals surface area contributed by atoms with Crippen molar-refractivity contribution in [1.82, 2.24) is 0 Å². The normalized spacial score (nSPS) is 25.2. The van der Waals surface area contributed by atoms with E-state index >= 15 is 0 Å². The van der Waals surface area contributed by atoms with E-state index in [9.17, 15) is 8.42 Å². The molecule has 2 rings (SSSR count). The van der Waals surface area contributed by atoms with Crippen molar-refractivity contribution >= 4 is 9.84 Å². The van der Waals surface area contributed by atoms with E-state index < -0.39 is 9.84 Å². The molecule has 1 aromatic carbocycles. The average Bonchev–Trinajstić information content (AvgIpc) is 2.13. The molecule has 0 fully saturated rings. The van der Waals surface area contributed by atoms with E-state index in [2.05, 4.69) is 5.73 Å². The summed E-state index contributed by atoms with van der Waals surface area (Å²) >= 11 is 0. The van der Waals surface area contributed by atoms with Crippen LogP contribution in [-0.2, 0) is 9.84 Å². The number of hydrogen-bond acceptors (Lipinski definition) is 2. The van der Waals surface area contributed by atoms with E-state index in [4.69, 9.17) is 0 Å². The van der Waals surface area contributed by atoms with Crippen molar-refractivity contribution in [3.05, 3.63) is 29.8 Å². The Labute approximate surface area is 77.5 Å². The molecular formula is C9H12NO2S+. The summed E-state index contributed by atoms with van der Waals surface area (Å²) in [6.07, 6.45) is 0.638. The highest BCUT2D eigenvalue weighted by Crippen LogP contribution is 2.28. The van der Waals surface area contributed by atoms with Gasteiger partial charge in [0.1, 0.15) is 6.04 Å². The Bertz CT molecular complexity index is 425. The van der Waals surface area contributed by atoms with Gasteiger partial charge in [-0.15, -0.1) is 0 Å². The molecule has 0 amide bonds. The summed E-state index contributed by atoms with van der Waals surface area (Å²) in [6, 6.07) is 7.26. The molecule has 4 heteroatoms. The zero-order valence-electron chi connectivity index (χ0n) is 7.23. The van der Waals surface area contributed by atoms with E-state index in [0.717, 1.165) is 5.56 Å². The third-order valence-corrected chi connectivity index (χ3v) is 4.24. The minimum Gasteiger partial charge on any atom is -0.351 e. The number of quaternary nitrogens is 1. The highest BCUT2D eigenvalue weighted by atomic mass is 32.2. The molecule has 0 unspecified atom stereocenters. The lowest BCUT2D eigenvalue weighted by atomic mass is 10.1. The molecule has 0 aliphatic carbocycles. The van der Waals surface area contributed by atoms with Gasteiger partial charge in [-0.3, -0.25) is 0 Å². The Morgan fingerprint density at radius 1 is 1.31 bits per heavy atom. The molecule has 1 aliphatic rings. The number of sulfone groups is 1. The first kappa shape index (κ1) is 8.72. The molecule has 3 nitrogen and oxygen atoms in total. The van der Waals surface area contributed by atoms with E-state index in [-0.39, 0.29) is 11.8 Å². The molecule has 1 aromatic rings. The fraction of sp³-hybridized carbons (Fsp3) is 0.333. The lowest BCUT2D eigenvalue weighted by Crippen LogP contribution is -2.55. The van der Waals surface area contributed by atoms with Crippen molar-refractivity contribution in [2.45, 2.75) is 17.4 Å². The van der Waals surface area contributed by atoms with Crippen molar-refractivity contribution in [1.29, 1.82) is 0 Å². The molecule has 0 spiro atoms. The van der Waals surface area contributed by atoms with Crippen molar-refractivity contribution in [3.63, 3.8) is 0 Å². The number of hydrogen-bond donors (Lipinski definition) is 1. The maximum absolute atomic E-state index is 11.6. The fourth-order valence-corrected chi connectivity index (χ4v) is 3.36. The summed E-state index contributed by atoms with van der Waals surface area (Å²) in [5.74, 6) is 0.234. The van der Waals surface area contributed by atoms with Gasteiger partial charge in [0.25, 0.3) is 0 Å². The second-order valence-corrected chi connectivity index (χ2v) is 5.42. The van der Waals surface area contributed by atoms with Gasteiger partial charge in [-0.05, 0) is 6.07 Å². The summed E-state index contributed by atoms with van der Waals surface area (Å²) in [4.78, 5) is 0.473. The molecule has 70 valence electrons. The molecule has 13 heavy (non-hydrogen) atoms. The first-order chi connectivity index (χ1) is 6.11. The predicted octanol–water partition coefficient (Wildman–Crippen LogP) is 0.147. The summed E-state index contributed by atoms with van der Waals surface area (Å²) < 4.78 is 23.2. The van der Waals surface area contributed by atoms with Crippen LogP contribution in [0.25, 0.3) is 0 Å². The smallest absolute Gasteiger partial charge is 0.179 e. The minimum atomic E-state index is -3.01. The maximum atomic E-state index is 11.6. The number of rotatable bonds is 0. The van der Waals surface area contributed by atoms with Gasteiger partial charge in [-0.2, -0.15) is 0 Å². The minimum absolute atomic E-state index is 0.125. The average molecular weight is 198 g/mol. The van der Waals surface area contributed by atoms with Crippen LogP contribution in [0.3, 0.4) is 0 Å². The second-order valence-electron chi connectivity index (χ2n) is 3.34. The second kappa shape index (κ2) is 2.82. The van der Waals surface area contributed by atoms with Crippen LogP contribution in [0, 0.1) is 0 Å². The van der Waals surface area contributed by atoms with E-state index in [0.29, 0.717) is 11.3 Å². The van der Waals surface area contributed by atoms with Gasteiger partial charge in [0, 0.05) is 12.0 Å². The Morgan fingerprint density at radius 3 is 2.69 bits per heavy atom. The molecule has 0 saturated carbocycles. The van der Waals surface area contributed by atoms with Gasteiger partial charge >= 0.3 is 0 Å². The zero-order chi connectivity index (χ0) is 9.47. The van der Waals surface area contributed by atoms with Crippen molar-refractivity contribution in [3.8, 4) is 0 Å². The molecule has 3 N–H and O–H groups in total. The van der Waals surface area contributed by atoms with Crippen LogP contribution in [0.15, 0.2) is 29.2 Å². The van der Waals surface area contributed by atoms with E-state index in [1.54, 1.807) is 12.1 Å². The largest absolute Gasteiger partial charge is 0.351 e. The van der Waals surface area contributed by atoms with Gasteiger partial charge in [-0.1, -0.05) is 18.2 Å². The number of benzene rings is 1. The number of fused-ring (bicyclic) bond motifs is 1. The topological polar surface area (TPSA) is 61.8 Å². The Balaban J connectivity index is 2.68. The van der Waals surface area contributed by atoms with Gasteiger partial charge in [-0.25, -0.2) is 8.42 Å². The Kier molecular flexibility index (Phi) is 1.89. The van der Waals surface area contributed by atoms with Crippen LogP contribution in [0.4, 0.5) is 0 Å². The van der Waals surface area contributed by atoms with Gasteiger partial charge < -0.3 is 5.73 Å². The molecule has 0 radical (unpaired) electrons. The lowest BCUT2D eigenvalue weighted by molar-refractivity contribution is -0.427. The molecule has 1 atom stereocenters. The lowest BCUT2D eigenvalue weighted by Gasteiger charge is -2.19. The Morgan fingerprint density at radius 2 is 2.00 bits per heavy atom. The molecule has 0 aromatic heterocycles. The van der Waals surface area contributed by atoms with E-state index in [1.165, 1.54) is 0 Å². The first-order valence-corrected chi connectivity index (χ1v) is 5.91. The van der Waals surface area contributed by atoms with Crippen molar-refractivity contribution in [2.24, 2.45) is 0 Å².